The molecule has 8 heteroatoms. The molecule has 2 aromatic rings. The Balaban J connectivity index is 1.85. The predicted molar refractivity (Wildman–Crippen MR) is 98.8 cm³/mol. The Morgan fingerprint density at radius 3 is 2.56 bits per heavy atom. The molecule has 0 saturated carbocycles. The van der Waals surface area contributed by atoms with Gasteiger partial charge >= 0.3 is 0 Å². The second kappa shape index (κ2) is 6.97. The zero-order valence-corrected chi connectivity index (χ0v) is 15.4. The molecule has 0 radical (unpaired) electrons. The number of anilines is 2. The maximum absolute atomic E-state index is 12.6. The lowest BCUT2D eigenvalue weighted by atomic mass is 10.2. The van der Waals surface area contributed by atoms with Crippen LogP contribution >= 0.6 is 11.8 Å². The third-order valence-corrected chi connectivity index (χ3v) is 6.61. The van der Waals surface area contributed by atoms with Crippen molar-refractivity contribution < 1.29 is 17.9 Å². The van der Waals surface area contributed by atoms with Gasteiger partial charge in [-0.1, -0.05) is 6.92 Å². The van der Waals surface area contributed by atoms with Crippen molar-refractivity contribution in [3.63, 3.8) is 0 Å². The van der Waals surface area contributed by atoms with Crippen molar-refractivity contribution in [2.24, 2.45) is 0 Å². The predicted octanol–water partition coefficient (Wildman–Crippen LogP) is 3.32. The number of fused-ring (bicyclic) bond motifs is 1. The number of sulfonamides is 1. The second-order valence-electron chi connectivity index (χ2n) is 5.50. The molecule has 0 bridgehead atoms. The van der Waals surface area contributed by atoms with Crippen LogP contribution in [-0.2, 0) is 14.8 Å². The minimum atomic E-state index is -3.75. The van der Waals surface area contributed by atoms with Crippen LogP contribution < -0.4 is 14.8 Å². The summed E-state index contributed by atoms with van der Waals surface area (Å²) in [6, 6.07) is 11.3. The van der Waals surface area contributed by atoms with E-state index in [1.807, 2.05) is 6.92 Å². The van der Waals surface area contributed by atoms with Crippen molar-refractivity contribution in [3.8, 4) is 5.75 Å². The first-order valence-electron chi connectivity index (χ1n) is 7.71. The number of rotatable bonds is 5. The number of amides is 1. The first kappa shape index (κ1) is 17.6. The van der Waals surface area contributed by atoms with Crippen molar-refractivity contribution in [1.29, 1.82) is 0 Å². The van der Waals surface area contributed by atoms with Gasteiger partial charge in [-0.2, -0.15) is 0 Å². The van der Waals surface area contributed by atoms with E-state index >= 15 is 0 Å². The number of benzene rings is 2. The molecule has 25 heavy (non-hydrogen) atoms. The van der Waals surface area contributed by atoms with Crippen molar-refractivity contribution in [2.75, 3.05) is 17.1 Å². The van der Waals surface area contributed by atoms with Crippen LogP contribution in [0.3, 0.4) is 0 Å². The number of carbonyl (C=O) groups excluding carboxylic acids is 1. The molecular formula is C17H18N2O4S2. The van der Waals surface area contributed by atoms with Crippen LogP contribution in [0, 0.1) is 0 Å². The van der Waals surface area contributed by atoms with Crippen LogP contribution in [0.4, 0.5) is 11.4 Å². The van der Waals surface area contributed by atoms with Crippen molar-refractivity contribution in [2.45, 2.75) is 28.4 Å². The van der Waals surface area contributed by atoms with E-state index in [0.29, 0.717) is 17.1 Å². The van der Waals surface area contributed by atoms with E-state index in [4.69, 9.17) is 4.74 Å². The summed E-state index contributed by atoms with van der Waals surface area (Å²) >= 11 is 1.45. The molecule has 1 aliphatic rings. The molecule has 1 heterocycles. The van der Waals surface area contributed by atoms with E-state index < -0.39 is 10.0 Å². The molecule has 0 saturated heterocycles. The summed E-state index contributed by atoms with van der Waals surface area (Å²) < 4.78 is 32.7. The summed E-state index contributed by atoms with van der Waals surface area (Å²) in [7, 11) is -2.21. The van der Waals surface area contributed by atoms with Crippen LogP contribution in [0.1, 0.15) is 13.3 Å². The second-order valence-corrected chi connectivity index (χ2v) is 8.42. The molecule has 1 atom stereocenters. The van der Waals surface area contributed by atoms with Gasteiger partial charge in [-0.05, 0) is 48.9 Å². The molecule has 0 fully saturated rings. The Morgan fingerprint density at radius 2 is 1.92 bits per heavy atom. The minimum absolute atomic E-state index is 0.0953. The van der Waals surface area contributed by atoms with Crippen molar-refractivity contribution in [1.82, 2.24) is 0 Å². The van der Waals surface area contributed by atoms with Gasteiger partial charge < -0.3 is 10.1 Å². The highest BCUT2D eigenvalue weighted by atomic mass is 32.2. The summed E-state index contributed by atoms with van der Waals surface area (Å²) in [5.74, 6) is 0.541. The number of carbonyl (C=O) groups is 1. The van der Waals surface area contributed by atoms with Gasteiger partial charge in [-0.3, -0.25) is 9.52 Å². The lowest BCUT2D eigenvalue weighted by molar-refractivity contribution is -0.115. The van der Waals surface area contributed by atoms with Crippen molar-refractivity contribution in [3.05, 3.63) is 42.5 Å². The van der Waals surface area contributed by atoms with Gasteiger partial charge in [0.1, 0.15) is 5.75 Å². The maximum Gasteiger partial charge on any atom is 0.261 e. The monoisotopic (exact) mass is 378 g/mol. The molecule has 0 aromatic heterocycles. The van der Waals surface area contributed by atoms with Gasteiger partial charge in [-0.25, -0.2) is 8.42 Å². The van der Waals surface area contributed by atoms with E-state index in [2.05, 4.69) is 10.0 Å². The standard InChI is InChI=1S/C17H18N2O4S2/c1-3-15-17(20)18-14-10-13(8-9-16(14)24-15)25(21,22)19-11-4-6-12(23-2)7-5-11/h4-10,15,19H,3H2,1-2H3,(H,18,20)/t15-/m0/s1. The largest absolute Gasteiger partial charge is 0.497 e. The molecule has 0 spiro atoms. The number of nitrogens with one attached hydrogen (secondary N) is 2. The smallest absolute Gasteiger partial charge is 0.261 e. The van der Waals surface area contributed by atoms with Gasteiger partial charge in [0.05, 0.1) is 22.9 Å². The van der Waals surface area contributed by atoms with Crippen LogP contribution in [0.15, 0.2) is 52.3 Å². The van der Waals surface area contributed by atoms with Crippen LogP contribution in [0.5, 0.6) is 5.75 Å². The summed E-state index contributed by atoms with van der Waals surface area (Å²) in [5, 5.41) is 2.64. The first-order chi connectivity index (χ1) is 11.9. The highest BCUT2D eigenvalue weighted by Crippen LogP contribution is 2.38. The summed E-state index contributed by atoms with van der Waals surface area (Å²) in [6.07, 6.45) is 0.717. The molecule has 2 aromatic carbocycles. The molecule has 2 N–H and O–H groups in total. The highest BCUT2D eigenvalue weighted by molar-refractivity contribution is 8.01. The van der Waals surface area contributed by atoms with E-state index in [-0.39, 0.29) is 16.1 Å². The van der Waals surface area contributed by atoms with Gasteiger partial charge in [-0.15, -0.1) is 11.8 Å². The van der Waals surface area contributed by atoms with Gasteiger partial charge in [0, 0.05) is 10.6 Å². The number of hydrogen-bond acceptors (Lipinski definition) is 5. The molecule has 132 valence electrons. The molecule has 1 amide bonds. The summed E-state index contributed by atoms with van der Waals surface area (Å²) in [5.41, 5.74) is 0.959. The molecule has 6 nitrogen and oxygen atoms in total. The fourth-order valence-corrected chi connectivity index (χ4v) is 4.55. The Kier molecular flexibility index (Phi) is 4.91. The zero-order chi connectivity index (χ0) is 18.0. The number of thioether (sulfide) groups is 1. The van der Waals surface area contributed by atoms with Gasteiger partial charge in [0.15, 0.2) is 0 Å². The maximum atomic E-state index is 12.6. The lowest BCUT2D eigenvalue weighted by Gasteiger charge is -2.23. The quantitative estimate of drug-likeness (QED) is 0.834. The third kappa shape index (κ3) is 3.74. The van der Waals surface area contributed by atoms with Crippen molar-refractivity contribution >= 4 is 39.1 Å². The normalized spacial score (nSPS) is 16.7. The summed E-state index contributed by atoms with van der Waals surface area (Å²) in [6.45, 7) is 1.94. The van der Waals surface area contributed by atoms with E-state index in [0.717, 1.165) is 11.3 Å². The van der Waals surface area contributed by atoms with Gasteiger partial charge in [0.25, 0.3) is 10.0 Å². The molecule has 3 rings (SSSR count). The number of hydrogen-bond donors (Lipinski definition) is 2. The number of ether oxygens (including phenoxy) is 1. The lowest BCUT2D eigenvalue weighted by Crippen LogP contribution is -2.28. The van der Waals surface area contributed by atoms with E-state index in [9.17, 15) is 13.2 Å². The Labute approximate surface area is 151 Å². The average molecular weight is 378 g/mol. The zero-order valence-electron chi connectivity index (χ0n) is 13.8. The van der Waals surface area contributed by atoms with Crippen LogP contribution in [0.25, 0.3) is 0 Å². The highest BCUT2D eigenvalue weighted by Gasteiger charge is 2.27. The fraction of sp³-hybridized carbons (Fsp3) is 0.235. The Bertz CT molecular complexity index is 895. The fourth-order valence-electron chi connectivity index (χ4n) is 2.44. The van der Waals surface area contributed by atoms with Crippen LogP contribution in [0.2, 0.25) is 0 Å². The molecule has 0 unspecified atom stereocenters. The Hall–Kier alpha value is -2.19. The summed E-state index contributed by atoms with van der Waals surface area (Å²) in [4.78, 5) is 13.0. The Morgan fingerprint density at radius 1 is 1.20 bits per heavy atom. The van der Waals surface area contributed by atoms with Gasteiger partial charge in [0.2, 0.25) is 5.91 Å². The SMILES string of the molecule is CC[C@@H]1Sc2ccc(S(=O)(=O)Nc3ccc(OC)cc3)cc2NC1=O. The van der Waals surface area contributed by atoms with Crippen LogP contribution in [-0.4, -0.2) is 26.7 Å². The molecular weight excluding hydrogens is 360 g/mol. The van der Waals surface area contributed by atoms with E-state index in [1.54, 1.807) is 43.5 Å². The number of methoxy groups -OCH3 is 1. The van der Waals surface area contributed by atoms with E-state index in [1.165, 1.54) is 17.8 Å². The third-order valence-electron chi connectivity index (χ3n) is 3.79. The minimum Gasteiger partial charge on any atom is -0.497 e. The average Bonchev–Trinajstić information content (AvgIpc) is 2.61. The topological polar surface area (TPSA) is 84.5 Å². The molecule has 0 aliphatic carbocycles. The first-order valence-corrected chi connectivity index (χ1v) is 10.1. The molecule has 1 aliphatic heterocycles.